The highest BCUT2D eigenvalue weighted by atomic mass is 32.2. The number of sulfone groups is 1. The van der Waals surface area contributed by atoms with Crippen molar-refractivity contribution in [1.29, 1.82) is 0 Å². The number of rotatable bonds is 22. The van der Waals surface area contributed by atoms with Crippen LogP contribution < -0.4 is 10.6 Å². The minimum atomic E-state index is -2.90. The Labute approximate surface area is 691 Å². The Morgan fingerprint density at radius 3 is 1.04 bits per heavy atom. The van der Waals surface area contributed by atoms with E-state index in [0.29, 0.717) is 49.1 Å². The highest BCUT2D eigenvalue weighted by Crippen LogP contribution is 2.36. The molecule has 4 fully saturated rings. The molecular formula is C86H106N30O2S. The van der Waals surface area contributed by atoms with Gasteiger partial charge in [-0.15, -0.1) is 0 Å². The molecule has 20 rings (SSSR count). The van der Waals surface area contributed by atoms with E-state index >= 15 is 0 Å². The summed E-state index contributed by atoms with van der Waals surface area (Å²) in [6.45, 7) is 22.5. The third-order valence-electron chi connectivity index (χ3n) is 24.1. The summed E-state index contributed by atoms with van der Waals surface area (Å²) in [7, 11) is -2.90. The molecule has 0 spiro atoms. The average Bonchev–Trinajstić information content (AvgIpc) is 1.66. The smallest absolute Gasteiger partial charge is 0.150 e. The van der Waals surface area contributed by atoms with Gasteiger partial charge in [0.2, 0.25) is 0 Å². The fraction of sp³-hybridized carbons (Fsp3) is 0.442. The number of nitrogens with zero attached hydrogens (tertiary/aromatic N) is 28. The molecule has 0 bridgehead atoms. The second kappa shape index (κ2) is 35.3. The fourth-order valence-electron chi connectivity index (χ4n) is 16.7. The van der Waals surface area contributed by atoms with Gasteiger partial charge in [0.1, 0.15) is 9.84 Å². The summed E-state index contributed by atoms with van der Waals surface area (Å²) in [6.07, 6.45) is 62.8. The summed E-state index contributed by atoms with van der Waals surface area (Å²) in [4.78, 5) is 19.9. The van der Waals surface area contributed by atoms with Gasteiger partial charge in [0.25, 0.3) is 0 Å². The predicted molar refractivity (Wildman–Crippen MR) is 458 cm³/mol. The van der Waals surface area contributed by atoms with Crippen molar-refractivity contribution in [2.45, 2.75) is 201 Å². The van der Waals surface area contributed by atoms with Gasteiger partial charge < -0.3 is 10.6 Å². The zero-order valence-electron chi connectivity index (χ0n) is 69.1. The fourth-order valence-corrected chi connectivity index (χ4v) is 18.2. The maximum atomic E-state index is 11.7. The first-order chi connectivity index (χ1) is 58.1. The highest BCUT2D eigenvalue weighted by molar-refractivity contribution is 7.91. The van der Waals surface area contributed by atoms with Crippen LogP contribution in [0.4, 0.5) is 0 Å². The van der Waals surface area contributed by atoms with Gasteiger partial charge in [-0.05, 0) is 161 Å². The van der Waals surface area contributed by atoms with Gasteiger partial charge in [0, 0.05) is 113 Å². The third-order valence-corrected chi connectivity index (χ3v) is 25.8. The van der Waals surface area contributed by atoms with E-state index in [9.17, 15) is 8.42 Å². The molecule has 119 heavy (non-hydrogen) atoms. The number of nitrogens with one attached hydrogen (secondary N) is 2. The molecule has 4 aliphatic rings. The molecule has 1 saturated carbocycles. The summed E-state index contributed by atoms with van der Waals surface area (Å²) in [6, 6.07) is 10.4. The predicted octanol–water partition coefficient (Wildman–Crippen LogP) is 14.9. The SMILES string of the molecule is CC(C)n1cc(-c2nc(-c3cnn(C4CCNCC4)c3)cn3nccc23)cn1.CCC(CC)n1cc(-c2nc(-c3cnn(C4CCNCC4)c3)cn3nccc23)cn1.CCC(CC)n1cc(-c2nc(-c3cnn(CC4CCCC4)c3)cn3nccc23)cn1.CC[C@@H](C)n1cc(-c2nc(-c3cnn(C4CCS(=O)(=O)CC4)c3)cn3nccc23)cn1. The molecule has 0 amide bonds. The topological polar surface area (TPSA) is 322 Å². The highest BCUT2D eigenvalue weighted by Gasteiger charge is 2.28. The molecule has 19 heterocycles. The van der Waals surface area contributed by atoms with Crippen molar-refractivity contribution in [2.24, 2.45) is 5.92 Å². The molecule has 3 saturated heterocycles. The van der Waals surface area contributed by atoms with E-state index in [1.54, 1.807) is 18.6 Å². The molecule has 0 unspecified atom stereocenters. The Morgan fingerprint density at radius 1 is 0.353 bits per heavy atom. The standard InChI is InChI=1S/C23H29N7.C22H28N8.C21H25N7O2S.C20H24N8/c1-3-20(4-2)29-15-19(12-26-29)23-22-9-10-24-30(22)16-21(27-23)18-11-25-28(14-18)13-17-7-5-6-8-17;1-3-18(4-2)28-14-17(12-26-28)22-21-7-10-24-30(21)15-20(27-22)16-11-25-29(13-16)19-5-8-23-9-6-19;1-3-15(2)26-13-17(11-23-26)21-20-4-7-22-28(20)14-19(25-21)16-10-24-27(12-16)18-5-8-31(29,30)9-6-18;1-14(2)26-12-16(10-23-26)20-19-5-8-22-28(19)13-18(25-20)15-9-24-27(11-15)17-3-6-21-7-4-17/h9-12,14-17,20H,3-8,13H2,1-2H3;7,10-15,18-19,23H,3-6,8-9H2,1-2H3;4,7,10-15,18H,3,5-6,8-9H2,1-2H3;5,8-14,17,21H,3-4,6-7H2,1-2H3/t;;15-;/m..1./s1. The third kappa shape index (κ3) is 17.4. The van der Waals surface area contributed by atoms with Crippen LogP contribution >= 0.6 is 0 Å². The molecular weight excluding hydrogens is 1520 g/mol. The van der Waals surface area contributed by atoms with Crippen LogP contribution in [0, 0.1) is 5.92 Å². The Hall–Kier alpha value is -12.0. The van der Waals surface area contributed by atoms with Gasteiger partial charge in [0.05, 0.1) is 208 Å². The Kier molecular flexibility index (Phi) is 23.6. The van der Waals surface area contributed by atoms with Crippen molar-refractivity contribution >= 4 is 31.9 Å². The molecule has 0 aromatic carbocycles. The molecule has 16 aromatic heterocycles. The normalized spacial score (nSPS) is 16.0. The van der Waals surface area contributed by atoms with Gasteiger partial charge in [-0.25, -0.2) is 46.4 Å². The van der Waals surface area contributed by atoms with Crippen LogP contribution in [-0.2, 0) is 16.4 Å². The second-order valence-corrected chi connectivity index (χ2v) is 34.5. The van der Waals surface area contributed by atoms with Gasteiger partial charge >= 0.3 is 0 Å². The molecule has 1 atom stereocenters. The lowest BCUT2D eigenvalue weighted by Crippen LogP contribution is -2.29. The molecule has 3 aliphatic heterocycles. The summed E-state index contributed by atoms with van der Waals surface area (Å²) in [5, 5.41) is 61.2. The maximum Gasteiger partial charge on any atom is 0.150 e. The van der Waals surface area contributed by atoms with Crippen molar-refractivity contribution in [2.75, 3.05) is 37.7 Å². The van der Waals surface area contributed by atoms with Crippen LogP contribution in [0.15, 0.2) is 173 Å². The number of hydrogen-bond donors (Lipinski definition) is 2. The van der Waals surface area contributed by atoms with E-state index in [1.807, 2.05) is 156 Å². The first-order valence-corrected chi connectivity index (χ1v) is 44.3. The second-order valence-electron chi connectivity index (χ2n) is 32.2. The van der Waals surface area contributed by atoms with Crippen LogP contribution in [0.25, 0.3) is 112 Å². The molecule has 2 N–H and O–H groups in total. The van der Waals surface area contributed by atoms with Crippen molar-refractivity contribution in [3.05, 3.63) is 173 Å². The largest absolute Gasteiger partial charge is 0.317 e. The minimum Gasteiger partial charge on any atom is -0.317 e. The van der Waals surface area contributed by atoms with Gasteiger partial charge in [0.15, 0.2) is 0 Å². The number of fused-ring (bicyclic) bond motifs is 4. The number of aromatic nitrogens is 28. The van der Waals surface area contributed by atoms with E-state index in [1.165, 1.54) is 25.7 Å². The van der Waals surface area contributed by atoms with Crippen LogP contribution in [0.5, 0.6) is 0 Å². The van der Waals surface area contributed by atoms with Crippen molar-refractivity contribution < 1.29 is 8.42 Å². The average molecular weight is 1620 g/mol. The van der Waals surface area contributed by atoms with E-state index in [0.717, 1.165) is 209 Å². The summed E-state index contributed by atoms with van der Waals surface area (Å²) in [5.74, 6) is 1.19. The first-order valence-electron chi connectivity index (χ1n) is 42.5. The van der Waals surface area contributed by atoms with E-state index < -0.39 is 9.84 Å². The quantitative estimate of drug-likeness (QED) is 0.0636. The van der Waals surface area contributed by atoms with Crippen molar-refractivity contribution in [3.8, 4) is 90.1 Å². The zero-order chi connectivity index (χ0) is 81.7. The number of piperidine rings is 2. The molecule has 33 heteroatoms. The Balaban J connectivity index is 0.000000114. The molecule has 32 nitrogen and oxygen atoms in total. The summed E-state index contributed by atoms with van der Waals surface area (Å²) in [5.41, 5.74) is 18.6. The van der Waals surface area contributed by atoms with Crippen LogP contribution in [0.3, 0.4) is 0 Å². The Morgan fingerprint density at radius 2 is 0.681 bits per heavy atom. The maximum absolute atomic E-state index is 11.7. The lowest BCUT2D eigenvalue weighted by atomic mass is 10.1. The van der Waals surface area contributed by atoms with Gasteiger partial charge in [-0.1, -0.05) is 47.5 Å². The monoisotopic (exact) mass is 1620 g/mol. The van der Waals surface area contributed by atoms with E-state index in [2.05, 4.69) is 182 Å². The van der Waals surface area contributed by atoms with E-state index in [-0.39, 0.29) is 17.5 Å². The van der Waals surface area contributed by atoms with Gasteiger partial charge in [-0.2, -0.15) is 61.2 Å². The first kappa shape index (κ1) is 79.5. The zero-order valence-corrected chi connectivity index (χ0v) is 69.9. The lowest BCUT2D eigenvalue weighted by Gasteiger charge is -2.22. The Bertz CT molecular complexity index is 6160. The molecule has 16 aromatic rings. The van der Waals surface area contributed by atoms with Crippen LogP contribution in [-0.4, -0.2) is 183 Å². The summed E-state index contributed by atoms with van der Waals surface area (Å²) < 4.78 is 47.1. The van der Waals surface area contributed by atoms with Crippen LogP contribution in [0.1, 0.15) is 194 Å². The van der Waals surface area contributed by atoms with Crippen molar-refractivity contribution in [1.82, 2.24) is 147 Å². The summed E-state index contributed by atoms with van der Waals surface area (Å²) >= 11 is 0. The lowest BCUT2D eigenvalue weighted by molar-refractivity contribution is 0.343. The molecule has 0 radical (unpaired) electrons. The molecule has 618 valence electrons. The van der Waals surface area contributed by atoms with Crippen LogP contribution in [0.2, 0.25) is 0 Å². The van der Waals surface area contributed by atoms with Gasteiger partial charge in [-0.3, -0.25) is 37.5 Å². The van der Waals surface area contributed by atoms with E-state index in [4.69, 9.17) is 19.9 Å². The van der Waals surface area contributed by atoms with Crippen molar-refractivity contribution in [3.63, 3.8) is 0 Å². The molecule has 1 aliphatic carbocycles. The number of hydrogen-bond acceptors (Lipinski definition) is 20. The minimum absolute atomic E-state index is 0.0962.